The summed E-state index contributed by atoms with van der Waals surface area (Å²) in [5.74, 6) is 1.75. The van der Waals surface area contributed by atoms with E-state index in [1.807, 2.05) is 48.5 Å². The molecule has 0 amide bonds. The van der Waals surface area contributed by atoms with Crippen LogP contribution in [0.15, 0.2) is 86.2 Å². The zero-order chi connectivity index (χ0) is 30.1. The number of nitrogens with zero attached hydrogens (tertiary/aromatic N) is 2. The van der Waals surface area contributed by atoms with Crippen LogP contribution in [-0.4, -0.2) is 31.0 Å². The van der Waals surface area contributed by atoms with Gasteiger partial charge >= 0.3 is 5.97 Å². The molecule has 0 radical (unpaired) electrons. The van der Waals surface area contributed by atoms with E-state index in [-0.39, 0.29) is 19.0 Å². The molecule has 3 heterocycles. The smallest absolute Gasteiger partial charge is 0.338 e. The monoisotopic (exact) mass is 662 g/mol. The Morgan fingerprint density at radius 2 is 1.88 bits per heavy atom. The van der Waals surface area contributed by atoms with Crippen molar-refractivity contribution in [3.8, 4) is 23.0 Å². The van der Waals surface area contributed by atoms with E-state index >= 15 is 0 Å². The maximum Gasteiger partial charge on any atom is 0.338 e. The van der Waals surface area contributed by atoms with Gasteiger partial charge in [0.25, 0.3) is 5.56 Å². The number of esters is 1. The summed E-state index contributed by atoms with van der Waals surface area (Å²) in [5, 5.41) is 0. The Balaban J connectivity index is 1.39. The first-order valence-corrected chi connectivity index (χ1v) is 15.1. The zero-order valence-electron chi connectivity index (χ0n) is 23.6. The minimum Gasteiger partial charge on any atom is -0.493 e. The lowest BCUT2D eigenvalue weighted by molar-refractivity contribution is -0.139. The molecule has 0 saturated carbocycles. The molecule has 0 N–H and O–H groups in total. The van der Waals surface area contributed by atoms with Crippen LogP contribution in [0.1, 0.15) is 36.6 Å². The fourth-order valence-electron chi connectivity index (χ4n) is 4.98. The van der Waals surface area contributed by atoms with Gasteiger partial charge in [-0.15, -0.1) is 0 Å². The fraction of sp³-hybridized carbons (Fsp3) is 0.219. The van der Waals surface area contributed by atoms with Gasteiger partial charge in [0.15, 0.2) is 27.8 Å². The molecule has 0 unspecified atom stereocenters. The van der Waals surface area contributed by atoms with Gasteiger partial charge < -0.3 is 23.7 Å². The van der Waals surface area contributed by atoms with Gasteiger partial charge in [-0.3, -0.25) is 9.36 Å². The van der Waals surface area contributed by atoms with Crippen LogP contribution >= 0.6 is 27.3 Å². The van der Waals surface area contributed by atoms with Crippen LogP contribution in [0.5, 0.6) is 23.0 Å². The third kappa shape index (κ3) is 5.70. The molecule has 1 atom stereocenters. The number of benzene rings is 3. The minimum atomic E-state index is -0.754. The number of carbonyl (C=O) groups excluding carboxylic acids is 1. The van der Waals surface area contributed by atoms with Gasteiger partial charge in [0.05, 0.1) is 35.6 Å². The summed E-state index contributed by atoms with van der Waals surface area (Å²) >= 11 is 4.69. The van der Waals surface area contributed by atoms with Gasteiger partial charge in [-0.05, 0) is 73.0 Å². The molecule has 2 aliphatic rings. The van der Waals surface area contributed by atoms with E-state index in [0.29, 0.717) is 55.8 Å². The van der Waals surface area contributed by atoms with Crippen molar-refractivity contribution >= 4 is 39.3 Å². The normalized spacial score (nSPS) is 15.6. The predicted molar refractivity (Wildman–Crippen MR) is 164 cm³/mol. The summed E-state index contributed by atoms with van der Waals surface area (Å²) in [4.78, 5) is 32.3. The molecule has 0 fully saturated rings. The van der Waals surface area contributed by atoms with Crippen LogP contribution in [-0.2, 0) is 16.1 Å². The molecule has 3 aromatic carbocycles. The lowest BCUT2D eigenvalue weighted by Crippen LogP contribution is -2.39. The van der Waals surface area contributed by atoms with Crippen LogP contribution in [0.2, 0.25) is 0 Å². The van der Waals surface area contributed by atoms with E-state index < -0.39 is 12.0 Å². The van der Waals surface area contributed by atoms with E-state index in [4.69, 9.17) is 23.7 Å². The number of thiazole rings is 1. The standard InChI is InChI=1S/C32H27BrN2O7S/c1-4-39-31(37)28-18(2)34-32-35(29(28)21-8-12-24-26(15-21)42-17-41-24)30(36)27(43-32)14-20-7-11-23(25(13-20)38-3)40-16-19-5-9-22(33)10-6-19/h5-15,29H,4,16-17H2,1-3H3/b27-14-/t29-/m1/s1. The van der Waals surface area contributed by atoms with Crippen molar-refractivity contribution < 1.29 is 28.5 Å². The first kappa shape index (κ1) is 28.8. The molecule has 2 aliphatic heterocycles. The van der Waals surface area contributed by atoms with Crippen molar-refractivity contribution in [1.29, 1.82) is 0 Å². The van der Waals surface area contributed by atoms with Crippen molar-refractivity contribution in [2.24, 2.45) is 4.99 Å². The minimum absolute atomic E-state index is 0.110. The first-order chi connectivity index (χ1) is 20.9. The summed E-state index contributed by atoms with van der Waals surface area (Å²) in [6.07, 6.45) is 1.78. The highest BCUT2D eigenvalue weighted by atomic mass is 79.9. The van der Waals surface area contributed by atoms with Crippen molar-refractivity contribution in [1.82, 2.24) is 4.57 Å². The van der Waals surface area contributed by atoms with E-state index in [2.05, 4.69) is 20.9 Å². The van der Waals surface area contributed by atoms with Gasteiger partial charge in [-0.2, -0.15) is 0 Å². The topological polar surface area (TPSA) is 97.6 Å². The number of hydrogen-bond donors (Lipinski definition) is 0. The molecule has 0 bridgehead atoms. The maximum absolute atomic E-state index is 14.0. The van der Waals surface area contributed by atoms with E-state index in [1.54, 1.807) is 43.7 Å². The second-order valence-electron chi connectivity index (χ2n) is 9.74. The fourth-order valence-corrected chi connectivity index (χ4v) is 6.29. The lowest BCUT2D eigenvalue weighted by atomic mass is 9.95. The third-order valence-corrected chi connectivity index (χ3v) is 8.53. The number of allylic oxidation sites excluding steroid dienone is 1. The number of rotatable bonds is 8. The number of halogens is 1. The predicted octanol–water partition coefficient (Wildman–Crippen LogP) is 4.88. The third-order valence-electron chi connectivity index (χ3n) is 7.02. The summed E-state index contributed by atoms with van der Waals surface area (Å²) in [6, 6.07) is 18.0. The Labute approximate surface area is 259 Å². The van der Waals surface area contributed by atoms with Crippen LogP contribution in [0.25, 0.3) is 6.08 Å². The quantitative estimate of drug-likeness (QED) is 0.248. The summed E-state index contributed by atoms with van der Waals surface area (Å²) < 4.78 is 31.0. The average molecular weight is 664 g/mol. The molecule has 4 aromatic rings. The number of hydrogen-bond acceptors (Lipinski definition) is 9. The Morgan fingerprint density at radius 3 is 2.65 bits per heavy atom. The summed E-state index contributed by atoms with van der Waals surface area (Å²) in [7, 11) is 1.57. The molecule has 0 saturated heterocycles. The lowest BCUT2D eigenvalue weighted by Gasteiger charge is -2.24. The highest BCUT2D eigenvalue weighted by molar-refractivity contribution is 9.10. The molecule has 43 heavy (non-hydrogen) atoms. The average Bonchev–Trinajstić information content (AvgIpc) is 3.60. The number of methoxy groups -OCH3 is 1. The van der Waals surface area contributed by atoms with Gasteiger partial charge in [0.2, 0.25) is 6.79 Å². The molecule has 11 heteroatoms. The Bertz CT molecular complexity index is 1930. The van der Waals surface area contributed by atoms with Crippen molar-refractivity contribution in [2.75, 3.05) is 20.5 Å². The molecular weight excluding hydrogens is 636 g/mol. The van der Waals surface area contributed by atoms with Crippen molar-refractivity contribution in [2.45, 2.75) is 26.5 Å². The highest BCUT2D eigenvalue weighted by Gasteiger charge is 2.34. The van der Waals surface area contributed by atoms with Gasteiger partial charge in [-0.25, -0.2) is 9.79 Å². The highest BCUT2D eigenvalue weighted by Crippen LogP contribution is 2.38. The molecule has 1 aromatic heterocycles. The molecule has 9 nitrogen and oxygen atoms in total. The van der Waals surface area contributed by atoms with Gasteiger partial charge in [0, 0.05) is 4.47 Å². The first-order valence-electron chi connectivity index (χ1n) is 13.5. The van der Waals surface area contributed by atoms with Crippen LogP contribution in [0, 0.1) is 0 Å². The Morgan fingerprint density at radius 1 is 1.09 bits per heavy atom. The van der Waals surface area contributed by atoms with Crippen LogP contribution < -0.4 is 33.8 Å². The summed E-state index contributed by atoms with van der Waals surface area (Å²) in [6.45, 7) is 4.17. The zero-order valence-corrected chi connectivity index (χ0v) is 26.0. The number of carbonyl (C=O) groups is 1. The number of aromatic nitrogens is 1. The van der Waals surface area contributed by atoms with Crippen LogP contribution in [0.3, 0.4) is 0 Å². The largest absolute Gasteiger partial charge is 0.493 e. The Hall–Kier alpha value is -4.35. The molecule has 0 aliphatic carbocycles. The Kier molecular flexibility index (Phi) is 8.09. The number of ether oxygens (including phenoxy) is 5. The van der Waals surface area contributed by atoms with E-state index in [1.165, 1.54) is 11.3 Å². The van der Waals surface area contributed by atoms with Gasteiger partial charge in [-0.1, -0.05) is 51.5 Å². The SMILES string of the molecule is CCOC(=O)C1=C(C)N=c2s/c(=C\c3ccc(OCc4ccc(Br)cc4)c(OC)c3)c(=O)n2[C@@H]1c1ccc2c(c1)OCO2. The molecule has 220 valence electrons. The summed E-state index contributed by atoms with van der Waals surface area (Å²) in [5.41, 5.74) is 2.96. The van der Waals surface area contributed by atoms with E-state index in [9.17, 15) is 9.59 Å². The van der Waals surface area contributed by atoms with Crippen molar-refractivity contribution in [3.63, 3.8) is 0 Å². The molecule has 0 spiro atoms. The van der Waals surface area contributed by atoms with E-state index in [0.717, 1.165) is 15.6 Å². The number of fused-ring (bicyclic) bond motifs is 2. The maximum atomic E-state index is 14.0. The second kappa shape index (κ2) is 12.1. The van der Waals surface area contributed by atoms with Gasteiger partial charge in [0.1, 0.15) is 6.61 Å². The molecular formula is C32H27BrN2O7S. The van der Waals surface area contributed by atoms with Crippen molar-refractivity contribution in [3.05, 3.63) is 113 Å². The van der Waals surface area contributed by atoms with Crippen LogP contribution in [0.4, 0.5) is 0 Å². The second-order valence-corrected chi connectivity index (χ2v) is 11.7. The molecule has 6 rings (SSSR count).